The molecule has 3 aromatic rings. The normalized spacial score (nSPS) is 14.7. The summed E-state index contributed by atoms with van der Waals surface area (Å²) in [6, 6.07) is 11.8. The third kappa shape index (κ3) is 4.47. The Bertz CT molecular complexity index is 1050. The molecule has 1 saturated heterocycles. The van der Waals surface area contributed by atoms with Gasteiger partial charge in [0, 0.05) is 49.5 Å². The van der Waals surface area contributed by atoms with Gasteiger partial charge in [-0.1, -0.05) is 17.7 Å². The minimum Gasteiger partial charge on any atom is -0.496 e. The summed E-state index contributed by atoms with van der Waals surface area (Å²) in [6.07, 6.45) is 3.30. The van der Waals surface area contributed by atoms with Crippen LogP contribution in [0.3, 0.4) is 0 Å². The fourth-order valence-corrected chi connectivity index (χ4v) is 3.78. The quantitative estimate of drug-likeness (QED) is 0.622. The lowest BCUT2D eigenvalue weighted by Gasteiger charge is -2.34. The number of hydrogen-bond donors (Lipinski definition) is 0. The average molecular weight is 429 g/mol. The topological polar surface area (TPSA) is 50.6 Å². The summed E-state index contributed by atoms with van der Waals surface area (Å²) in [5.74, 6) is 0.339. The van der Waals surface area contributed by atoms with Crippen molar-refractivity contribution in [3.63, 3.8) is 0 Å². The van der Waals surface area contributed by atoms with Gasteiger partial charge in [0.2, 0.25) is 0 Å². The number of carbonyl (C=O) groups excluding carboxylic acids is 1. The number of rotatable bonds is 5. The van der Waals surface area contributed by atoms with Gasteiger partial charge in [-0.15, -0.1) is 0 Å². The van der Waals surface area contributed by atoms with E-state index in [1.54, 1.807) is 42.4 Å². The highest BCUT2D eigenvalue weighted by atomic mass is 35.5. The molecule has 1 aliphatic rings. The fourth-order valence-electron chi connectivity index (χ4n) is 3.60. The van der Waals surface area contributed by atoms with Gasteiger partial charge in [0.05, 0.1) is 24.6 Å². The number of ether oxygens (including phenoxy) is 1. The van der Waals surface area contributed by atoms with Crippen molar-refractivity contribution in [2.75, 3.05) is 33.3 Å². The van der Waals surface area contributed by atoms with Gasteiger partial charge in [-0.2, -0.15) is 5.10 Å². The smallest absolute Gasteiger partial charge is 0.257 e. The molecule has 6 nitrogen and oxygen atoms in total. The second kappa shape index (κ2) is 8.85. The number of nitrogens with zero attached hydrogens (tertiary/aromatic N) is 4. The predicted octanol–water partition coefficient (Wildman–Crippen LogP) is 3.63. The number of hydrogen-bond acceptors (Lipinski definition) is 4. The van der Waals surface area contributed by atoms with Crippen molar-refractivity contribution in [2.24, 2.45) is 0 Å². The zero-order chi connectivity index (χ0) is 21.1. The molecule has 0 aliphatic carbocycles. The Labute approximate surface area is 179 Å². The van der Waals surface area contributed by atoms with Gasteiger partial charge < -0.3 is 9.64 Å². The summed E-state index contributed by atoms with van der Waals surface area (Å²) in [5, 5.41) is 4.91. The molecule has 1 amide bonds. The number of halogens is 2. The van der Waals surface area contributed by atoms with Crippen LogP contribution in [0.4, 0.5) is 4.39 Å². The Morgan fingerprint density at radius 3 is 2.70 bits per heavy atom. The summed E-state index contributed by atoms with van der Waals surface area (Å²) < 4.78 is 20.6. The molecule has 0 bridgehead atoms. The fraction of sp³-hybridized carbons (Fsp3) is 0.273. The van der Waals surface area contributed by atoms with Crippen molar-refractivity contribution in [3.05, 3.63) is 76.8 Å². The van der Waals surface area contributed by atoms with Crippen LogP contribution in [0.1, 0.15) is 15.9 Å². The maximum Gasteiger partial charge on any atom is 0.257 e. The van der Waals surface area contributed by atoms with Crippen molar-refractivity contribution in [1.29, 1.82) is 0 Å². The first-order valence-electron chi connectivity index (χ1n) is 9.68. The molecule has 156 valence electrons. The second-order valence-corrected chi connectivity index (χ2v) is 7.61. The van der Waals surface area contributed by atoms with Gasteiger partial charge in [-0.05, 0) is 36.4 Å². The van der Waals surface area contributed by atoms with Crippen LogP contribution in [-0.4, -0.2) is 58.8 Å². The van der Waals surface area contributed by atoms with Crippen LogP contribution >= 0.6 is 11.6 Å². The van der Waals surface area contributed by atoms with E-state index in [-0.39, 0.29) is 11.7 Å². The lowest BCUT2D eigenvalue weighted by molar-refractivity contribution is 0.0627. The average Bonchev–Trinajstić information content (AvgIpc) is 3.24. The molecule has 1 aliphatic heterocycles. The van der Waals surface area contributed by atoms with Crippen LogP contribution < -0.4 is 4.74 Å². The van der Waals surface area contributed by atoms with E-state index in [0.29, 0.717) is 49.1 Å². The molecule has 2 heterocycles. The third-order valence-corrected chi connectivity index (χ3v) is 5.43. The Balaban J connectivity index is 1.38. The maximum absolute atomic E-state index is 13.6. The molecule has 0 saturated carbocycles. The highest BCUT2D eigenvalue weighted by Crippen LogP contribution is 2.22. The minimum absolute atomic E-state index is 0.0498. The number of piperazine rings is 1. The number of amides is 1. The zero-order valence-electron chi connectivity index (χ0n) is 16.6. The first-order chi connectivity index (χ1) is 14.5. The number of carbonyl (C=O) groups is 1. The summed E-state index contributed by atoms with van der Waals surface area (Å²) >= 11 is 6.04. The standard InChI is InChI=1S/C22H22ClFN4O2/c1-30-21-6-5-19(24)11-16(21)14-26-7-9-27(10-8-26)22(29)17-13-25-28(15-17)20-4-2-3-18(23)12-20/h2-6,11-13,15H,7-10,14H2,1H3. The van der Waals surface area contributed by atoms with Gasteiger partial charge in [0.15, 0.2) is 0 Å². The van der Waals surface area contributed by atoms with Crippen molar-refractivity contribution in [3.8, 4) is 11.4 Å². The SMILES string of the molecule is COc1ccc(F)cc1CN1CCN(C(=O)c2cnn(-c3cccc(Cl)c3)c2)CC1. The van der Waals surface area contributed by atoms with Gasteiger partial charge in [0.1, 0.15) is 11.6 Å². The summed E-state index contributed by atoms with van der Waals surface area (Å²) in [6.45, 7) is 3.18. The number of methoxy groups -OCH3 is 1. The van der Waals surface area contributed by atoms with Crippen molar-refractivity contribution in [1.82, 2.24) is 19.6 Å². The molecule has 0 unspecified atom stereocenters. The Morgan fingerprint density at radius 2 is 1.97 bits per heavy atom. The Kier molecular flexibility index (Phi) is 6.01. The van der Waals surface area contributed by atoms with E-state index >= 15 is 0 Å². The summed E-state index contributed by atoms with van der Waals surface area (Å²) in [5.41, 5.74) is 2.14. The van der Waals surface area contributed by atoms with Crippen molar-refractivity contribution < 1.29 is 13.9 Å². The molecule has 0 spiro atoms. The zero-order valence-corrected chi connectivity index (χ0v) is 17.3. The molecule has 0 N–H and O–H groups in total. The van der Waals surface area contributed by atoms with Crippen LogP contribution in [-0.2, 0) is 6.54 Å². The maximum atomic E-state index is 13.6. The van der Waals surface area contributed by atoms with Crippen LogP contribution in [0, 0.1) is 5.82 Å². The predicted molar refractivity (Wildman–Crippen MR) is 113 cm³/mol. The molecule has 1 aromatic heterocycles. The highest BCUT2D eigenvalue weighted by Gasteiger charge is 2.24. The molecule has 0 atom stereocenters. The lowest BCUT2D eigenvalue weighted by Crippen LogP contribution is -2.48. The Hall–Kier alpha value is -2.90. The first kappa shape index (κ1) is 20.4. The van der Waals surface area contributed by atoms with Crippen LogP contribution in [0.2, 0.25) is 5.02 Å². The van der Waals surface area contributed by atoms with Gasteiger partial charge in [-0.3, -0.25) is 9.69 Å². The van der Waals surface area contributed by atoms with E-state index in [9.17, 15) is 9.18 Å². The number of aromatic nitrogens is 2. The van der Waals surface area contributed by atoms with E-state index in [4.69, 9.17) is 16.3 Å². The molecule has 4 rings (SSSR count). The minimum atomic E-state index is -0.281. The molecule has 30 heavy (non-hydrogen) atoms. The van der Waals surface area contributed by atoms with Gasteiger partial charge in [-0.25, -0.2) is 9.07 Å². The van der Waals surface area contributed by atoms with Crippen molar-refractivity contribution in [2.45, 2.75) is 6.54 Å². The van der Waals surface area contributed by atoms with E-state index in [2.05, 4.69) is 10.00 Å². The van der Waals surface area contributed by atoms with E-state index in [0.717, 1.165) is 11.3 Å². The molecule has 2 aromatic carbocycles. The lowest BCUT2D eigenvalue weighted by atomic mass is 10.1. The highest BCUT2D eigenvalue weighted by molar-refractivity contribution is 6.30. The van der Waals surface area contributed by atoms with Crippen LogP contribution in [0.25, 0.3) is 5.69 Å². The molecular formula is C22H22ClFN4O2. The molecule has 1 fully saturated rings. The second-order valence-electron chi connectivity index (χ2n) is 7.18. The van der Waals surface area contributed by atoms with Crippen LogP contribution in [0.5, 0.6) is 5.75 Å². The molecule has 8 heteroatoms. The number of benzene rings is 2. The Morgan fingerprint density at radius 1 is 1.17 bits per heavy atom. The largest absolute Gasteiger partial charge is 0.496 e. The van der Waals surface area contributed by atoms with Crippen molar-refractivity contribution >= 4 is 17.5 Å². The summed E-state index contributed by atoms with van der Waals surface area (Å²) in [7, 11) is 1.58. The third-order valence-electron chi connectivity index (χ3n) is 5.20. The first-order valence-corrected chi connectivity index (χ1v) is 10.1. The van der Waals surface area contributed by atoms with Gasteiger partial charge in [0.25, 0.3) is 5.91 Å². The van der Waals surface area contributed by atoms with Crippen LogP contribution in [0.15, 0.2) is 54.9 Å². The van der Waals surface area contributed by atoms with E-state index < -0.39 is 0 Å². The molecule has 0 radical (unpaired) electrons. The monoisotopic (exact) mass is 428 g/mol. The van der Waals surface area contributed by atoms with Gasteiger partial charge >= 0.3 is 0 Å². The van der Waals surface area contributed by atoms with E-state index in [1.165, 1.54) is 12.1 Å². The van der Waals surface area contributed by atoms with E-state index in [1.807, 2.05) is 17.0 Å². The summed E-state index contributed by atoms with van der Waals surface area (Å²) in [4.78, 5) is 16.9. The molecular weight excluding hydrogens is 407 g/mol.